The minimum atomic E-state index is -0.0526. The molecule has 3 heterocycles. The molecule has 172 valence electrons. The van der Waals surface area contributed by atoms with Crippen LogP contribution < -0.4 is 10.2 Å². The zero-order valence-electron chi connectivity index (χ0n) is 20.3. The van der Waals surface area contributed by atoms with Gasteiger partial charge in [-0.3, -0.25) is 4.98 Å². The molecule has 0 bridgehead atoms. The summed E-state index contributed by atoms with van der Waals surface area (Å²) in [5.74, 6) is 0. The Hall–Kier alpha value is -3.44. The van der Waals surface area contributed by atoms with Crippen LogP contribution in [0.25, 0.3) is 5.69 Å². The highest BCUT2D eigenvalue weighted by atomic mass is 32.1. The second kappa shape index (κ2) is 8.73. The van der Waals surface area contributed by atoms with E-state index in [2.05, 4.69) is 104 Å². The van der Waals surface area contributed by atoms with Crippen LogP contribution in [0.3, 0.4) is 0 Å². The molecule has 2 atom stereocenters. The molecule has 1 N–H and O–H groups in total. The molecule has 0 radical (unpaired) electrons. The van der Waals surface area contributed by atoms with E-state index in [1.165, 1.54) is 39.3 Å². The van der Waals surface area contributed by atoms with Gasteiger partial charge in [-0.05, 0) is 106 Å². The van der Waals surface area contributed by atoms with Crippen LogP contribution in [0.2, 0.25) is 0 Å². The Morgan fingerprint density at radius 3 is 2.15 bits per heavy atom. The third-order valence-corrected chi connectivity index (χ3v) is 6.98. The fourth-order valence-corrected chi connectivity index (χ4v) is 5.56. The van der Waals surface area contributed by atoms with Gasteiger partial charge in [-0.1, -0.05) is 29.8 Å². The summed E-state index contributed by atoms with van der Waals surface area (Å²) >= 11 is 5.90. The van der Waals surface area contributed by atoms with Crippen molar-refractivity contribution in [3.8, 4) is 5.69 Å². The van der Waals surface area contributed by atoms with Crippen molar-refractivity contribution in [2.45, 2.75) is 46.7 Å². The van der Waals surface area contributed by atoms with Gasteiger partial charge >= 0.3 is 0 Å². The Morgan fingerprint density at radius 1 is 0.794 bits per heavy atom. The topological polar surface area (TPSA) is 33.1 Å². The standard InChI is InChI=1S/C29H30N4S/c1-18-9-11-23(12-10-18)33-28(27(31-29(33)34)26-8-6-7-13-30-26)25-17-21(4)32(22(25)5)24-15-19(2)14-20(3)16-24/h6-17,27-28H,1-5H3,(H,31,34)/t27-,28+/m0/s1. The third kappa shape index (κ3) is 3.90. The summed E-state index contributed by atoms with van der Waals surface area (Å²) in [6, 6.07) is 23.6. The van der Waals surface area contributed by atoms with Crippen LogP contribution in [0.4, 0.5) is 5.69 Å². The first-order valence-electron chi connectivity index (χ1n) is 11.7. The quantitative estimate of drug-likeness (QED) is 0.344. The van der Waals surface area contributed by atoms with Crippen LogP contribution in [0, 0.1) is 34.6 Å². The van der Waals surface area contributed by atoms with E-state index in [1.807, 2.05) is 18.3 Å². The van der Waals surface area contributed by atoms with Crippen LogP contribution in [-0.2, 0) is 0 Å². The Kier molecular flexibility index (Phi) is 5.74. The van der Waals surface area contributed by atoms with Crippen molar-refractivity contribution in [3.05, 3.63) is 112 Å². The van der Waals surface area contributed by atoms with Gasteiger partial charge in [0.05, 0.1) is 17.8 Å². The van der Waals surface area contributed by atoms with E-state index in [4.69, 9.17) is 17.2 Å². The van der Waals surface area contributed by atoms with E-state index in [0.717, 1.165) is 16.5 Å². The smallest absolute Gasteiger partial charge is 0.174 e. The first kappa shape index (κ1) is 22.4. The number of anilines is 1. The van der Waals surface area contributed by atoms with Crippen molar-refractivity contribution >= 4 is 23.0 Å². The molecule has 0 amide bonds. The second-order valence-corrected chi connectivity index (χ2v) is 9.73. The van der Waals surface area contributed by atoms with E-state index in [0.29, 0.717) is 0 Å². The molecule has 1 saturated heterocycles. The van der Waals surface area contributed by atoms with Crippen LogP contribution >= 0.6 is 12.2 Å². The maximum absolute atomic E-state index is 5.90. The predicted octanol–water partition coefficient (Wildman–Crippen LogP) is 6.59. The number of pyridine rings is 1. The summed E-state index contributed by atoms with van der Waals surface area (Å²) in [5.41, 5.74) is 10.7. The van der Waals surface area contributed by atoms with Crippen LogP contribution in [-0.4, -0.2) is 14.7 Å². The average molecular weight is 467 g/mol. The molecule has 0 unspecified atom stereocenters. The van der Waals surface area contributed by atoms with Crippen molar-refractivity contribution in [1.29, 1.82) is 0 Å². The number of hydrogen-bond acceptors (Lipinski definition) is 2. The van der Waals surface area contributed by atoms with Gasteiger partial charge in [0.2, 0.25) is 0 Å². The summed E-state index contributed by atoms with van der Waals surface area (Å²) in [4.78, 5) is 6.95. The SMILES string of the molecule is Cc1ccc(N2C(=S)N[C@@H](c3ccccn3)[C@H]2c2cc(C)n(-c3cc(C)cc(C)c3)c2C)cc1. The number of nitrogens with zero attached hydrogens (tertiary/aromatic N) is 3. The number of thiocarbonyl (C=S) groups is 1. The monoisotopic (exact) mass is 466 g/mol. The Bertz CT molecular complexity index is 1330. The van der Waals surface area contributed by atoms with Crippen LogP contribution in [0.15, 0.2) is 72.9 Å². The fraction of sp³-hybridized carbons (Fsp3) is 0.241. The number of aromatic nitrogens is 2. The first-order valence-corrected chi connectivity index (χ1v) is 12.1. The zero-order valence-corrected chi connectivity index (χ0v) is 21.1. The van der Waals surface area contributed by atoms with Crippen molar-refractivity contribution < 1.29 is 0 Å². The van der Waals surface area contributed by atoms with Gasteiger partial charge in [-0.25, -0.2) is 0 Å². The molecule has 0 saturated carbocycles. The molecular weight excluding hydrogens is 436 g/mol. The Balaban J connectivity index is 1.69. The molecule has 1 aliphatic rings. The van der Waals surface area contributed by atoms with Gasteiger partial charge in [-0.2, -0.15) is 0 Å². The van der Waals surface area contributed by atoms with Gasteiger partial charge in [-0.15, -0.1) is 0 Å². The molecule has 5 heteroatoms. The summed E-state index contributed by atoms with van der Waals surface area (Å²) in [6.45, 7) is 10.8. The molecule has 0 spiro atoms. The Labute approximate surface area is 207 Å². The van der Waals surface area contributed by atoms with E-state index in [1.54, 1.807) is 0 Å². The van der Waals surface area contributed by atoms with Crippen molar-refractivity contribution in [2.24, 2.45) is 0 Å². The van der Waals surface area contributed by atoms with Crippen molar-refractivity contribution in [1.82, 2.24) is 14.9 Å². The van der Waals surface area contributed by atoms with E-state index in [9.17, 15) is 0 Å². The lowest BCUT2D eigenvalue weighted by Crippen LogP contribution is -2.29. The average Bonchev–Trinajstić information content (AvgIpc) is 3.29. The maximum Gasteiger partial charge on any atom is 0.174 e. The number of nitrogens with one attached hydrogen (secondary N) is 1. The molecule has 4 aromatic rings. The van der Waals surface area contributed by atoms with E-state index >= 15 is 0 Å². The lowest BCUT2D eigenvalue weighted by molar-refractivity contribution is 0.565. The van der Waals surface area contributed by atoms with Gasteiger partial charge in [0, 0.05) is 29.0 Å². The molecular formula is C29H30N4S. The maximum atomic E-state index is 5.90. The minimum absolute atomic E-state index is 0.0176. The van der Waals surface area contributed by atoms with Gasteiger partial charge in [0.15, 0.2) is 5.11 Å². The third-order valence-electron chi connectivity index (χ3n) is 6.66. The first-order chi connectivity index (χ1) is 16.3. The summed E-state index contributed by atoms with van der Waals surface area (Å²) in [5, 5.41) is 4.30. The lowest BCUT2D eigenvalue weighted by atomic mass is 9.96. The molecule has 2 aromatic heterocycles. The number of hydrogen-bond donors (Lipinski definition) is 1. The number of rotatable bonds is 4. The van der Waals surface area contributed by atoms with E-state index in [-0.39, 0.29) is 12.1 Å². The predicted molar refractivity (Wildman–Crippen MR) is 144 cm³/mol. The number of benzene rings is 2. The molecule has 4 nitrogen and oxygen atoms in total. The minimum Gasteiger partial charge on any atom is -0.351 e. The van der Waals surface area contributed by atoms with Crippen LogP contribution in [0.5, 0.6) is 0 Å². The molecule has 2 aromatic carbocycles. The van der Waals surface area contributed by atoms with Gasteiger partial charge < -0.3 is 14.8 Å². The zero-order chi connectivity index (χ0) is 24.0. The molecule has 1 fully saturated rings. The number of aryl methyl sites for hydroxylation is 4. The highest BCUT2D eigenvalue weighted by Crippen LogP contribution is 2.43. The largest absolute Gasteiger partial charge is 0.351 e. The second-order valence-electron chi connectivity index (χ2n) is 9.34. The summed E-state index contributed by atoms with van der Waals surface area (Å²) in [7, 11) is 0. The fourth-order valence-electron chi connectivity index (χ4n) is 5.22. The molecule has 1 aliphatic heterocycles. The normalized spacial score (nSPS) is 17.8. The van der Waals surface area contributed by atoms with E-state index < -0.39 is 0 Å². The lowest BCUT2D eigenvalue weighted by Gasteiger charge is -2.28. The van der Waals surface area contributed by atoms with Gasteiger partial charge in [0.25, 0.3) is 0 Å². The summed E-state index contributed by atoms with van der Waals surface area (Å²) < 4.78 is 2.36. The highest BCUT2D eigenvalue weighted by molar-refractivity contribution is 7.80. The van der Waals surface area contributed by atoms with Gasteiger partial charge in [0.1, 0.15) is 0 Å². The summed E-state index contributed by atoms with van der Waals surface area (Å²) in [6.07, 6.45) is 1.85. The van der Waals surface area contributed by atoms with Crippen LogP contribution in [0.1, 0.15) is 51.4 Å². The molecule has 5 rings (SSSR count). The Morgan fingerprint density at radius 2 is 1.50 bits per heavy atom. The molecule has 34 heavy (non-hydrogen) atoms. The van der Waals surface area contributed by atoms with Crippen molar-refractivity contribution in [3.63, 3.8) is 0 Å². The highest BCUT2D eigenvalue weighted by Gasteiger charge is 2.42. The van der Waals surface area contributed by atoms with Crippen molar-refractivity contribution in [2.75, 3.05) is 4.90 Å². The molecule has 0 aliphatic carbocycles.